The van der Waals surface area contributed by atoms with Crippen LogP contribution < -0.4 is 4.72 Å². The lowest BCUT2D eigenvalue weighted by Gasteiger charge is -2.13. The third kappa shape index (κ3) is 4.96. The van der Waals surface area contributed by atoms with E-state index in [4.69, 9.17) is 16.7 Å². The minimum absolute atomic E-state index is 0.0413. The van der Waals surface area contributed by atoms with Crippen molar-refractivity contribution in [2.75, 3.05) is 0 Å². The molecule has 1 rings (SSSR count). The fraction of sp³-hybridized carbons (Fsp3) is 0.364. The molecule has 0 spiro atoms. The fourth-order valence-electron chi connectivity index (χ4n) is 1.59. The van der Waals surface area contributed by atoms with Gasteiger partial charge in [0.1, 0.15) is 0 Å². The van der Waals surface area contributed by atoms with E-state index in [1.165, 1.54) is 13.0 Å². The second-order valence-electron chi connectivity index (χ2n) is 4.32. The van der Waals surface area contributed by atoms with Crippen LogP contribution in [0.1, 0.15) is 19.8 Å². The molecule has 0 aliphatic rings. The average Bonchev–Trinajstić information content (AvgIpc) is 2.35. The summed E-state index contributed by atoms with van der Waals surface area (Å²) in [4.78, 5) is 20.0. The summed E-state index contributed by atoms with van der Waals surface area (Å²) in [7, 11) is -4.14. The number of aliphatic carboxylic acids is 1. The molecule has 0 aliphatic heterocycles. The third-order valence-electron chi connectivity index (χ3n) is 2.55. The highest BCUT2D eigenvalue weighted by Crippen LogP contribution is 2.27. The van der Waals surface area contributed by atoms with E-state index in [-0.39, 0.29) is 17.9 Å². The van der Waals surface area contributed by atoms with Gasteiger partial charge in [0.15, 0.2) is 4.90 Å². The molecule has 0 saturated heterocycles. The first-order chi connectivity index (χ1) is 9.63. The van der Waals surface area contributed by atoms with E-state index < -0.39 is 37.5 Å². The van der Waals surface area contributed by atoms with E-state index in [0.717, 1.165) is 12.1 Å². The predicted molar refractivity (Wildman–Crippen MR) is 74.8 cm³/mol. The zero-order chi connectivity index (χ0) is 16.2. The number of halogens is 1. The van der Waals surface area contributed by atoms with E-state index in [2.05, 4.69) is 4.72 Å². The number of benzene rings is 1. The quantitative estimate of drug-likeness (QED) is 0.577. The van der Waals surface area contributed by atoms with Crippen LogP contribution in [0.25, 0.3) is 0 Å². The number of nitrogens with one attached hydrogen (secondary N) is 1. The lowest BCUT2D eigenvalue weighted by atomic mass is 10.2. The van der Waals surface area contributed by atoms with Crippen LogP contribution in [0.3, 0.4) is 0 Å². The van der Waals surface area contributed by atoms with Crippen LogP contribution in [0, 0.1) is 10.1 Å². The summed E-state index contributed by atoms with van der Waals surface area (Å²) >= 11 is 5.62. The maximum atomic E-state index is 12.1. The molecule has 0 amide bonds. The van der Waals surface area contributed by atoms with Crippen LogP contribution >= 0.6 is 11.6 Å². The zero-order valence-corrected chi connectivity index (χ0v) is 12.5. The van der Waals surface area contributed by atoms with Crippen molar-refractivity contribution in [1.29, 1.82) is 0 Å². The number of hydrogen-bond donors (Lipinski definition) is 2. The molecule has 10 heteroatoms. The number of nitro benzene ring substituents is 1. The molecule has 21 heavy (non-hydrogen) atoms. The van der Waals surface area contributed by atoms with Gasteiger partial charge in [0.2, 0.25) is 10.0 Å². The number of rotatable bonds is 7. The summed E-state index contributed by atoms with van der Waals surface area (Å²) in [5, 5.41) is 19.5. The third-order valence-corrected chi connectivity index (χ3v) is 4.43. The maximum Gasteiger partial charge on any atom is 0.303 e. The normalized spacial score (nSPS) is 12.9. The van der Waals surface area contributed by atoms with E-state index in [1.54, 1.807) is 0 Å². The molecule has 8 nitrogen and oxygen atoms in total. The molecule has 1 unspecified atom stereocenters. The summed E-state index contributed by atoms with van der Waals surface area (Å²) < 4.78 is 26.4. The number of carboxylic acid groups (broad SMARTS) is 1. The minimum Gasteiger partial charge on any atom is -0.481 e. The Morgan fingerprint density at radius 2 is 2.14 bits per heavy atom. The summed E-state index contributed by atoms with van der Waals surface area (Å²) in [6, 6.07) is 2.52. The number of hydrogen-bond acceptors (Lipinski definition) is 5. The van der Waals surface area contributed by atoms with Gasteiger partial charge in [0.25, 0.3) is 5.69 Å². The van der Waals surface area contributed by atoms with Gasteiger partial charge in [-0.3, -0.25) is 14.9 Å². The number of nitrogens with zero attached hydrogens (tertiary/aromatic N) is 1. The molecule has 1 atom stereocenters. The average molecular weight is 337 g/mol. The number of nitro groups is 1. The number of carboxylic acids is 1. The number of carbonyl (C=O) groups is 1. The first-order valence-electron chi connectivity index (χ1n) is 5.81. The highest BCUT2D eigenvalue weighted by molar-refractivity contribution is 7.89. The van der Waals surface area contributed by atoms with Crippen LogP contribution in [0.4, 0.5) is 5.69 Å². The van der Waals surface area contributed by atoms with Crippen molar-refractivity contribution in [1.82, 2.24) is 4.72 Å². The second kappa shape index (κ2) is 6.83. The Balaban J connectivity index is 3.03. The molecule has 0 bridgehead atoms. The van der Waals surface area contributed by atoms with Crippen molar-refractivity contribution in [2.45, 2.75) is 30.7 Å². The van der Waals surface area contributed by atoms with Crippen LogP contribution in [0.5, 0.6) is 0 Å². The van der Waals surface area contributed by atoms with Crippen LogP contribution in [0.2, 0.25) is 5.02 Å². The molecular weight excluding hydrogens is 324 g/mol. The van der Waals surface area contributed by atoms with Gasteiger partial charge < -0.3 is 5.11 Å². The predicted octanol–water partition coefficient (Wildman–Crippen LogP) is 1.78. The molecule has 0 aliphatic carbocycles. The largest absolute Gasteiger partial charge is 0.481 e. The Morgan fingerprint density at radius 1 is 1.52 bits per heavy atom. The van der Waals surface area contributed by atoms with Gasteiger partial charge in [0, 0.05) is 23.6 Å². The Labute approximate surface area is 125 Å². The van der Waals surface area contributed by atoms with E-state index in [1.807, 2.05) is 0 Å². The van der Waals surface area contributed by atoms with Crippen molar-refractivity contribution >= 4 is 33.3 Å². The molecule has 1 aromatic carbocycles. The molecule has 0 radical (unpaired) electrons. The van der Waals surface area contributed by atoms with Gasteiger partial charge in [-0.25, -0.2) is 13.1 Å². The SMILES string of the molecule is CC(CCC(=O)O)NS(=O)(=O)c1ccc(Cl)cc1[N+](=O)[O-]. The summed E-state index contributed by atoms with van der Waals surface area (Å²) in [5.74, 6) is -1.06. The van der Waals surface area contributed by atoms with E-state index >= 15 is 0 Å². The van der Waals surface area contributed by atoms with Gasteiger partial charge in [0.05, 0.1) is 4.92 Å². The highest BCUT2D eigenvalue weighted by Gasteiger charge is 2.27. The van der Waals surface area contributed by atoms with Gasteiger partial charge in [-0.15, -0.1) is 0 Å². The molecule has 1 aromatic rings. The molecule has 0 fully saturated rings. The van der Waals surface area contributed by atoms with Crippen molar-refractivity contribution in [3.8, 4) is 0 Å². The van der Waals surface area contributed by atoms with Crippen molar-refractivity contribution in [3.05, 3.63) is 33.3 Å². The summed E-state index contributed by atoms with van der Waals surface area (Å²) in [6.45, 7) is 1.47. The first kappa shape index (κ1) is 17.3. The molecule has 0 aromatic heterocycles. The van der Waals surface area contributed by atoms with Gasteiger partial charge in [-0.2, -0.15) is 0 Å². The van der Waals surface area contributed by atoms with Gasteiger partial charge in [-0.1, -0.05) is 11.6 Å². The smallest absolute Gasteiger partial charge is 0.303 e. The van der Waals surface area contributed by atoms with Gasteiger partial charge >= 0.3 is 5.97 Å². The monoisotopic (exact) mass is 336 g/mol. The highest BCUT2D eigenvalue weighted by atomic mass is 35.5. The zero-order valence-electron chi connectivity index (χ0n) is 10.9. The summed E-state index contributed by atoms with van der Waals surface area (Å²) in [6.07, 6.45) is -0.150. The summed E-state index contributed by atoms with van der Waals surface area (Å²) in [5.41, 5.74) is -0.638. The van der Waals surface area contributed by atoms with E-state index in [0.29, 0.717) is 0 Å². The number of sulfonamides is 1. The molecule has 2 N–H and O–H groups in total. The second-order valence-corrected chi connectivity index (χ2v) is 6.44. The minimum atomic E-state index is -4.14. The topological polar surface area (TPSA) is 127 Å². The Morgan fingerprint density at radius 3 is 2.67 bits per heavy atom. The molecule has 0 heterocycles. The lowest BCUT2D eigenvalue weighted by molar-refractivity contribution is -0.387. The van der Waals surface area contributed by atoms with Crippen molar-refractivity contribution in [2.24, 2.45) is 0 Å². The standard InChI is InChI=1S/C11H13ClN2O6S/c1-7(2-5-11(15)16)13-21(19,20)10-4-3-8(12)6-9(10)14(17)18/h3-4,6-7,13H,2,5H2,1H3,(H,15,16). The maximum absolute atomic E-state index is 12.1. The molecular formula is C11H13ClN2O6S. The Bertz CT molecular complexity index is 661. The molecule has 0 saturated carbocycles. The van der Waals surface area contributed by atoms with Crippen LogP contribution in [-0.2, 0) is 14.8 Å². The van der Waals surface area contributed by atoms with Crippen LogP contribution in [-0.4, -0.2) is 30.5 Å². The Kier molecular flexibility index (Phi) is 5.64. The van der Waals surface area contributed by atoms with Crippen molar-refractivity contribution < 1.29 is 23.2 Å². The van der Waals surface area contributed by atoms with E-state index in [9.17, 15) is 23.3 Å². The first-order valence-corrected chi connectivity index (χ1v) is 7.67. The molecule has 116 valence electrons. The lowest BCUT2D eigenvalue weighted by Crippen LogP contribution is -2.33. The van der Waals surface area contributed by atoms with Crippen LogP contribution in [0.15, 0.2) is 23.1 Å². The van der Waals surface area contributed by atoms with Gasteiger partial charge in [-0.05, 0) is 25.5 Å². The Hall–Kier alpha value is -1.71. The van der Waals surface area contributed by atoms with Crippen molar-refractivity contribution in [3.63, 3.8) is 0 Å². The fourth-order valence-corrected chi connectivity index (χ4v) is 3.18.